The zero-order valence-corrected chi connectivity index (χ0v) is 23.6. The molecule has 0 fully saturated rings. The van der Waals surface area contributed by atoms with Gasteiger partial charge in [0.15, 0.2) is 17.5 Å². The van der Waals surface area contributed by atoms with Crippen molar-refractivity contribution in [2.24, 2.45) is 0 Å². The molecule has 0 spiro atoms. The van der Waals surface area contributed by atoms with Gasteiger partial charge in [0.05, 0.1) is 5.52 Å². The lowest BCUT2D eigenvalue weighted by atomic mass is 10.0. The molecule has 0 bridgehead atoms. The van der Waals surface area contributed by atoms with Crippen molar-refractivity contribution in [2.45, 2.75) is 6.92 Å². The first-order chi connectivity index (χ1) is 21.2. The molecule has 2 aromatic heterocycles. The third-order valence-electron chi connectivity index (χ3n) is 7.98. The van der Waals surface area contributed by atoms with Crippen LogP contribution in [0, 0.1) is 6.92 Å². The standard InChI is InChI=1S/C39H26N4/c1-25-11-12-27-14-20-33(24-34(27)22-25)39-42-37(41-38(43-39)32-19-13-26-6-2-3-7-31(26)23-32)30-17-15-28(16-18-30)35-10-4-8-29-9-5-21-40-36(29)35/h2-24H,1H3. The molecule has 43 heavy (non-hydrogen) atoms. The van der Waals surface area contributed by atoms with E-state index in [9.17, 15) is 0 Å². The van der Waals surface area contributed by atoms with Crippen LogP contribution < -0.4 is 0 Å². The molecule has 202 valence electrons. The fourth-order valence-electron chi connectivity index (χ4n) is 5.73. The molecule has 0 unspecified atom stereocenters. The van der Waals surface area contributed by atoms with Crippen molar-refractivity contribution in [3.63, 3.8) is 0 Å². The number of rotatable bonds is 4. The van der Waals surface area contributed by atoms with Crippen molar-refractivity contribution in [3.05, 3.63) is 145 Å². The Bertz CT molecular complexity index is 2300. The molecule has 4 heteroatoms. The van der Waals surface area contributed by atoms with Gasteiger partial charge in [-0.05, 0) is 52.2 Å². The van der Waals surface area contributed by atoms with Gasteiger partial charge in [-0.3, -0.25) is 4.98 Å². The van der Waals surface area contributed by atoms with E-state index in [2.05, 4.69) is 139 Å². The van der Waals surface area contributed by atoms with Gasteiger partial charge in [-0.15, -0.1) is 0 Å². The summed E-state index contributed by atoms with van der Waals surface area (Å²) in [4.78, 5) is 19.7. The summed E-state index contributed by atoms with van der Waals surface area (Å²) in [6.07, 6.45) is 1.84. The van der Waals surface area contributed by atoms with Gasteiger partial charge in [0, 0.05) is 33.8 Å². The van der Waals surface area contributed by atoms with Crippen LogP contribution in [0.4, 0.5) is 0 Å². The van der Waals surface area contributed by atoms with E-state index < -0.39 is 0 Å². The van der Waals surface area contributed by atoms with Crippen LogP contribution in [-0.4, -0.2) is 19.9 Å². The second-order valence-corrected chi connectivity index (χ2v) is 10.9. The third-order valence-corrected chi connectivity index (χ3v) is 7.98. The Balaban J connectivity index is 1.27. The lowest BCUT2D eigenvalue weighted by Gasteiger charge is -2.11. The minimum atomic E-state index is 0.639. The van der Waals surface area contributed by atoms with Crippen LogP contribution in [0.15, 0.2) is 140 Å². The molecular weight excluding hydrogens is 524 g/mol. The van der Waals surface area contributed by atoms with Gasteiger partial charge in [0.25, 0.3) is 0 Å². The van der Waals surface area contributed by atoms with E-state index in [1.54, 1.807) is 0 Å². The number of para-hydroxylation sites is 1. The van der Waals surface area contributed by atoms with E-state index in [0.717, 1.165) is 44.1 Å². The predicted molar refractivity (Wildman–Crippen MR) is 177 cm³/mol. The van der Waals surface area contributed by atoms with Crippen molar-refractivity contribution in [2.75, 3.05) is 0 Å². The quantitative estimate of drug-likeness (QED) is 0.219. The maximum atomic E-state index is 5.01. The lowest BCUT2D eigenvalue weighted by molar-refractivity contribution is 1.08. The summed E-state index contributed by atoms with van der Waals surface area (Å²) in [5.41, 5.74) is 7.26. The largest absolute Gasteiger partial charge is 0.256 e. The molecule has 0 N–H and O–H groups in total. The molecule has 0 aliphatic carbocycles. The van der Waals surface area contributed by atoms with Crippen LogP contribution in [-0.2, 0) is 0 Å². The van der Waals surface area contributed by atoms with Gasteiger partial charge in [-0.2, -0.15) is 0 Å². The van der Waals surface area contributed by atoms with E-state index in [-0.39, 0.29) is 0 Å². The van der Waals surface area contributed by atoms with Crippen LogP contribution in [0.2, 0.25) is 0 Å². The zero-order chi connectivity index (χ0) is 28.8. The Morgan fingerprint density at radius 2 is 0.953 bits per heavy atom. The van der Waals surface area contributed by atoms with Gasteiger partial charge in [0.2, 0.25) is 0 Å². The number of nitrogens with zero attached hydrogens (tertiary/aromatic N) is 4. The number of pyridine rings is 1. The van der Waals surface area contributed by atoms with E-state index in [1.807, 2.05) is 12.3 Å². The Labute approximate surface area is 249 Å². The van der Waals surface area contributed by atoms with Crippen molar-refractivity contribution in [1.29, 1.82) is 0 Å². The summed E-state index contributed by atoms with van der Waals surface area (Å²) < 4.78 is 0. The molecule has 0 aliphatic heterocycles. The predicted octanol–water partition coefficient (Wildman–Crippen LogP) is 9.70. The minimum Gasteiger partial charge on any atom is -0.256 e. The second kappa shape index (κ2) is 10.3. The summed E-state index contributed by atoms with van der Waals surface area (Å²) >= 11 is 0. The topological polar surface area (TPSA) is 51.6 Å². The molecule has 0 saturated heterocycles. The van der Waals surface area contributed by atoms with Crippen LogP contribution in [0.25, 0.3) is 77.7 Å². The zero-order valence-electron chi connectivity index (χ0n) is 23.6. The van der Waals surface area contributed by atoms with E-state index in [0.29, 0.717) is 17.5 Å². The highest BCUT2D eigenvalue weighted by Crippen LogP contribution is 2.31. The van der Waals surface area contributed by atoms with Gasteiger partial charge >= 0.3 is 0 Å². The summed E-state index contributed by atoms with van der Waals surface area (Å²) in [6.45, 7) is 2.11. The van der Waals surface area contributed by atoms with E-state index >= 15 is 0 Å². The van der Waals surface area contributed by atoms with Gasteiger partial charge in [-0.25, -0.2) is 15.0 Å². The molecule has 0 radical (unpaired) electrons. The van der Waals surface area contributed by atoms with Crippen molar-refractivity contribution < 1.29 is 0 Å². The first-order valence-electron chi connectivity index (χ1n) is 14.4. The fourth-order valence-corrected chi connectivity index (χ4v) is 5.73. The maximum Gasteiger partial charge on any atom is 0.164 e. The number of hydrogen-bond donors (Lipinski definition) is 0. The lowest BCUT2D eigenvalue weighted by Crippen LogP contribution is -2.00. The number of fused-ring (bicyclic) bond motifs is 3. The molecule has 6 aromatic carbocycles. The number of aryl methyl sites for hydroxylation is 1. The first kappa shape index (κ1) is 25.0. The van der Waals surface area contributed by atoms with Gasteiger partial charge in [-0.1, -0.05) is 121 Å². The summed E-state index contributed by atoms with van der Waals surface area (Å²) in [7, 11) is 0. The normalized spacial score (nSPS) is 11.4. The number of benzene rings is 6. The molecular formula is C39H26N4. The van der Waals surface area contributed by atoms with Crippen molar-refractivity contribution >= 4 is 32.4 Å². The summed E-state index contributed by atoms with van der Waals surface area (Å²) in [5.74, 6) is 1.94. The number of aromatic nitrogens is 4. The third kappa shape index (κ3) is 4.69. The summed E-state index contributed by atoms with van der Waals surface area (Å²) in [5, 5.41) is 5.82. The smallest absolute Gasteiger partial charge is 0.164 e. The average Bonchev–Trinajstić information content (AvgIpc) is 3.07. The highest BCUT2D eigenvalue weighted by atomic mass is 15.0. The fraction of sp³-hybridized carbons (Fsp3) is 0.0256. The van der Waals surface area contributed by atoms with Gasteiger partial charge < -0.3 is 0 Å². The number of hydrogen-bond acceptors (Lipinski definition) is 4. The molecule has 4 nitrogen and oxygen atoms in total. The monoisotopic (exact) mass is 550 g/mol. The highest BCUT2D eigenvalue weighted by molar-refractivity contribution is 5.94. The van der Waals surface area contributed by atoms with Crippen LogP contribution >= 0.6 is 0 Å². The van der Waals surface area contributed by atoms with E-state index in [4.69, 9.17) is 15.0 Å². The first-order valence-corrected chi connectivity index (χ1v) is 14.4. The molecule has 0 saturated carbocycles. The van der Waals surface area contributed by atoms with Crippen LogP contribution in [0.3, 0.4) is 0 Å². The second-order valence-electron chi connectivity index (χ2n) is 10.9. The van der Waals surface area contributed by atoms with Crippen LogP contribution in [0.1, 0.15) is 5.56 Å². The van der Waals surface area contributed by atoms with Crippen molar-refractivity contribution in [3.8, 4) is 45.3 Å². The SMILES string of the molecule is Cc1ccc2ccc(-c3nc(-c4ccc(-c5cccc6cccnc56)cc4)nc(-c4ccc5ccccc5c4)n3)cc2c1. The maximum absolute atomic E-state index is 5.01. The Morgan fingerprint density at radius 3 is 1.72 bits per heavy atom. The molecule has 8 aromatic rings. The Morgan fingerprint density at radius 1 is 0.395 bits per heavy atom. The Hall–Kier alpha value is -5.74. The summed E-state index contributed by atoms with van der Waals surface area (Å²) in [6, 6.07) is 46.4. The Kier molecular flexibility index (Phi) is 5.97. The molecule has 0 aliphatic rings. The molecule has 0 atom stereocenters. The minimum absolute atomic E-state index is 0.639. The molecule has 2 heterocycles. The molecule has 8 rings (SSSR count). The van der Waals surface area contributed by atoms with Crippen molar-refractivity contribution in [1.82, 2.24) is 19.9 Å². The van der Waals surface area contributed by atoms with Crippen LogP contribution in [0.5, 0.6) is 0 Å². The average molecular weight is 551 g/mol. The molecule has 0 amide bonds. The highest BCUT2D eigenvalue weighted by Gasteiger charge is 2.14. The van der Waals surface area contributed by atoms with Gasteiger partial charge in [0.1, 0.15) is 0 Å². The van der Waals surface area contributed by atoms with E-state index in [1.165, 1.54) is 21.7 Å².